The van der Waals surface area contributed by atoms with Crippen LogP contribution in [-0.2, 0) is 11.3 Å². The van der Waals surface area contributed by atoms with Gasteiger partial charge in [-0.05, 0) is 47.4 Å². The van der Waals surface area contributed by atoms with E-state index in [1.807, 2.05) is 0 Å². The fraction of sp³-hybridized carbons (Fsp3) is 0.438. The van der Waals surface area contributed by atoms with E-state index in [9.17, 15) is 14.7 Å². The number of rotatable bonds is 4. The smallest absolute Gasteiger partial charge is 0.261 e. The molecule has 0 bridgehead atoms. The van der Waals surface area contributed by atoms with Gasteiger partial charge >= 0.3 is 0 Å². The van der Waals surface area contributed by atoms with Crippen LogP contribution in [0.15, 0.2) is 27.7 Å². The van der Waals surface area contributed by atoms with E-state index in [-0.39, 0.29) is 30.3 Å². The number of aromatic nitrogens is 2. The summed E-state index contributed by atoms with van der Waals surface area (Å²) in [6.45, 7) is 0.722. The molecule has 1 aliphatic heterocycles. The predicted octanol–water partition coefficient (Wildman–Crippen LogP) is 1.88. The van der Waals surface area contributed by atoms with Crippen LogP contribution in [0.3, 0.4) is 0 Å². The van der Waals surface area contributed by atoms with Crippen molar-refractivity contribution in [2.75, 3.05) is 6.54 Å². The Morgan fingerprint density at radius 2 is 2.29 bits per heavy atom. The number of carbonyl (C=O) groups is 1. The molecular formula is C16H17BrClN3O3. The highest BCUT2D eigenvalue weighted by Crippen LogP contribution is 2.25. The normalized spacial score (nSPS) is 21.1. The number of ketones is 1. The number of nitrogens with one attached hydrogen (secondary N) is 1. The molecule has 2 aromatic rings. The van der Waals surface area contributed by atoms with E-state index in [0.717, 1.165) is 13.0 Å². The SMILES string of the molecule is O=C(C[C@@H]1NCCC[C@H]1O)Cn1cn[13c]2[13cH][13c](Br)[13c](Cl)[13cH][13c]2c1=O. The van der Waals surface area contributed by atoms with Gasteiger partial charge < -0.3 is 10.4 Å². The Balaban J connectivity index is 1.79. The van der Waals surface area contributed by atoms with Crippen molar-refractivity contribution in [1.29, 1.82) is 0 Å². The molecule has 1 aromatic carbocycles. The number of hydrogen-bond donors (Lipinski definition) is 2. The van der Waals surface area contributed by atoms with Crippen LogP contribution in [-0.4, -0.2) is 39.1 Å². The summed E-state index contributed by atoms with van der Waals surface area (Å²) < 4.78 is 1.94. The van der Waals surface area contributed by atoms with E-state index in [1.165, 1.54) is 10.9 Å². The van der Waals surface area contributed by atoms with Crippen molar-refractivity contribution in [3.8, 4) is 0 Å². The average Bonchev–Trinajstić information content (AvgIpc) is 2.54. The number of Topliss-reactive ketones (excluding diaryl/α,β-unsaturated/α-hetero) is 1. The predicted molar refractivity (Wildman–Crippen MR) is 95.4 cm³/mol. The fourth-order valence-corrected chi connectivity index (χ4v) is 3.40. The highest BCUT2D eigenvalue weighted by atomic mass is 79.9. The fourth-order valence-electron chi connectivity index (χ4n) is 2.91. The van der Waals surface area contributed by atoms with Crippen LogP contribution < -0.4 is 10.9 Å². The summed E-state index contributed by atoms with van der Waals surface area (Å²) >= 11 is 9.33. The number of nitrogens with zero attached hydrogens (tertiary/aromatic N) is 2. The van der Waals surface area contributed by atoms with Gasteiger partial charge in [0.05, 0.1) is 34.9 Å². The van der Waals surface area contributed by atoms with Crippen molar-refractivity contribution in [3.05, 3.63) is 38.3 Å². The maximum absolute atomic E-state index is 12.5. The molecule has 0 radical (unpaired) electrons. The van der Waals surface area contributed by atoms with E-state index >= 15 is 0 Å². The third kappa shape index (κ3) is 3.69. The molecule has 8 heteroatoms. The molecule has 0 aliphatic carbocycles. The zero-order chi connectivity index (χ0) is 17.3. The monoisotopic (exact) mass is 419 g/mol. The number of aliphatic hydroxyl groups excluding tert-OH is 1. The zero-order valence-electron chi connectivity index (χ0n) is 12.8. The molecule has 3 rings (SSSR count). The quantitative estimate of drug-likeness (QED) is 0.789. The molecule has 2 heterocycles. The van der Waals surface area contributed by atoms with E-state index < -0.39 is 6.10 Å². The number of benzene rings is 1. The van der Waals surface area contributed by atoms with Gasteiger partial charge in [0.1, 0.15) is 0 Å². The molecule has 1 aromatic heterocycles. The summed E-state index contributed by atoms with van der Waals surface area (Å²) in [6, 6.07) is 2.97. The minimum absolute atomic E-state index is 0.0691. The summed E-state index contributed by atoms with van der Waals surface area (Å²) in [5.41, 5.74) is 0.212. The summed E-state index contributed by atoms with van der Waals surface area (Å²) in [6.07, 6.45) is 2.62. The number of halogens is 2. The summed E-state index contributed by atoms with van der Waals surface area (Å²) in [4.78, 5) is 29.0. The van der Waals surface area contributed by atoms with E-state index in [0.29, 0.717) is 26.8 Å². The maximum atomic E-state index is 12.5. The molecule has 6 nitrogen and oxygen atoms in total. The van der Waals surface area contributed by atoms with Crippen molar-refractivity contribution < 1.29 is 9.90 Å². The van der Waals surface area contributed by atoms with Gasteiger partial charge in [-0.2, -0.15) is 0 Å². The summed E-state index contributed by atoms with van der Waals surface area (Å²) in [5, 5.41) is 13.9. The van der Waals surface area contributed by atoms with Crippen molar-refractivity contribution in [3.63, 3.8) is 0 Å². The molecule has 0 unspecified atom stereocenters. The van der Waals surface area contributed by atoms with Gasteiger partial charge in [-0.15, -0.1) is 0 Å². The maximum Gasteiger partial charge on any atom is 0.261 e. The Labute approximate surface area is 152 Å². The molecule has 0 spiro atoms. The molecular weight excluding hydrogens is 404 g/mol. The molecule has 2 N–H and O–H groups in total. The molecule has 0 amide bonds. The van der Waals surface area contributed by atoms with Crippen LogP contribution in [0.2, 0.25) is 5.02 Å². The van der Waals surface area contributed by atoms with Crippen LogP contribution in [0.25, 0.3) is 10.9 Å². The van der Waals surface area contributed by atoms with E-state index in [2.05, 4.69) is 26.2 Å². The van der Waals surface area contributed by atoms with Gasteiger partial charge in [0.2, 0.25) is 0 Å². The lowest BCUT2D eigenvalue weighted by molar-refractivity contribution is -0.121. The summed E-state index contributed by atoms with van der Waals surface area (Å²) in [5.74, 6) is -0.125. The lowest BCUT2D eigenvalue weighted by atomic mass is 9.97. The Kier molecular flexibility index (Phi) is 5.34. The number of hydrogen-bond acceptors (Lipinski definition) is 5. The number of carbonyl (C=O) groups excluding carboxylic acids is 1. The minimum Gasteiger partial charge on any atom is -0.391 e. The first-order valence-electron chi connectivity index (χ1n) is 7.73. The second kappa shape index (κ2) is 7.31. The van der Waals surface area contributed by atoms with Crippen LogP contribution in [0.5, 0.6) is 0 Å². The Morgan fingerprint density at radius 1 is 1.50 bits per heavy atom. The standard InChI is InChI=1S/C16H17BrClN3O3/c17-11-6-13-10(5-12(11)18)16(24)21(8-20-13)7-9(22)4-14-15(23)2-1-3-19-14/h5-6,8,14-15,19,23H,1-4,7H2/t14-,15+/m0/s1/i5+1,6+1,10+1,11+1,12+1,13+1. The molecule has 1 fully saturated rings. The Bertz CT molecular complexity index is 839. The van der Waals surface area contributed by atoms with Crippen molar-refractivity contribution >= 4 is 44.2 Å². The van der Waals surface area contributed by atoms with Crippen LogP contribution >= 0.6 is 27.5 Å². The molecule has 2 atom stereocenters. The first kappa shape index (κ1) is 17.5. The molecule has 1 saturated heterocycles. The average molecular weight is 421 g/mol. The van der Waals surface area contributed by atoms with Crippen molar-refractivity contribution in [1.82, 2.24) is 14.9 Å². The van der Waals surface area contributed by atoms with Gasteiger partial charge in [0, 0.05) is 16.9 Å². The molecule has 1 aliphatic rings. The minimum atomic E-state index is -0.523. The van der Waals surface area contributed by atoms with E-state index in [4.69, 9.17) is 11.6 Å². The Hall–Kier alpha value is -1.28. The Morgan fingerprint density at radius 3 is 3.04 bits per heavy atom. The lowest BCUT2D eigenvalue weighted by Gasteiger charge is -2.28. The number of aliphatic hydroxyl groups is 1. The van der Waals surface area contributed by atoms with Crippen LogP contribution in [0.4, 0.5) is 0 Å². The van der Waals surface area contributed by atoms with Crippen molar-refractivity contribution in [2.45, 2.75) is 38.0 Å². The van der Waals surface area contributed by atoms with Gasteiger partial charge in [0.15, 0.2) is 5.78 Å². The molecule has 24 heavy (non-hydrogen) atoms. The van der Waals surface area contributed by atoms with Crippen LogP contribution in [0, 0.1) is 0 Å². The molecule has 0 saturated carbocycles. The van der Waals surface area contributed by atoms with Gasteiger partial charge in [-0.25, -0.2) is 4.98 Å². The first-order chi connectivity index (χ1) is 11.5. The highest BCUT2D eigenvalue weighted by Gasteiger charge is 2.25. The topological polar surface area (TPSA) is 84.2 Å². The molecule has 128 valence electrons. The van der Waals surface area contributed by atoms with Crippen molar-refractivity contribution in [2.24, 2.45) is 0 Å². The third-order valence-electron chi connectivity index (χ3n) is 4.21. The van der Waals surface area contributed by atoms with E-state index in [1.54, 1.807) is 12.1 Å². The number of piperidine rings is 1. The van der Waals surface area contributed by atoms with Gasteiger partial charge in [-0.3, -0.25) is 14.2 Å². The second-order valence-corrected chi connectivity index (χ2v) is 7.24. The van der Waals surface area contributed by atoms with Gasteiger partial charge in [0.25, 0.3) is 5.56 Å². The zero-order valence-corrected chi connectivity index (χ0v) is 15.2. The lowest BCUT2D eigenvalue weighted by Crippen LogP contribution is -2.46. The first-order valence-corrected chi connectivity index (χ1v) is 8.90. The second-order valence-electron chi connectivity index (χ2n) is 5.97. The van der Waals surface area contributed by atoms with Gasteiger partial charge in [-0.1, -0.05) is 11.6 Å². The largest absolute Gasteiger partial charge is 0.391 e. The summed E-state index contributed by atoms with van der Waals surface area (Å²) in [7, 11) is 0. The third-order valence-corrected chi connectivity index (χ3v) is 5.41. The highest BCUT2D eigenvalue weighted by molar-refractivity contribution is 9.10. The number of fused-ring (bicyclic) bond motifs is 1. The van der Waals surface area contributed by atoms with Crippen LogP contribution in [0.1, 0.15) is 19.3 Å².